The molecule has 0 radical (unpaired) electrons. The molecule has 0 fully saturated rings. The Morgan fingerprint density at radius 3 is 2.29 bits per heavy atom. The van der Waals surface area contributed by atoms with E-state index < -0.39 is 0 Å². The van der Waals surface area contributed by atoms with Gasteiger partial charge in [-0.1, -0.05) is 6.07 Å². The first-order valence-electron chi connectivity index (χ1n) is 6.57. The summed E-state index contributed by atoms with van der Waals surface area (Å²) in [6.07, 6.45) is 0. The van der Waals surface area contributed by atoms with Crippen molar-refractivity contribution < 1.29 is 4.39 Å². The van der Waals surface area contributed by atoms with E-state index in [0.29, 0.717) is 10.8 Å². The third-order valence-corrected chi connectivity index (χ3v) is 3.22. The Bertz CT molecular complexity index is 638. The standard InChI is InChI=1S/C16H18FN3S/c1-11-4-9-15(14(17)10-11)19-16(21)18-12-5-7-13(8-6-12)20(2)3/h4-10H,1-3H3,(H2,18,19,21). The molecule has 0 aliphatic heterocycles. The summed E-state index contributed by atoms with van der Waals surface area (Å²) in [5.41, 5.74) is 3.19. The Hall–Kier alpha value is -2.14. The highest BCUT2D eigenvalue weighted by Gasteiger charge is 2.05. The van der Waals surface area contributed by atoms with E-state index in [0.717, 1.165) is 16.9 Å². The minimum absolute atomic E-state index is 0.317. The number of hydrogen-bond donors (Lipinski definition) is 2. The quantitative estimate of drug-likeness (QED) is 0.838. The highest BCUT2D eigenvalue weighted by Crippen LogP contribution is 2.18. The van der Waals surface area contributed by atoms with E-state index in [4.69, 9.17) is 12.2 Å². The SMILES string of the molecule is Cc1ccc(NC(=S)Nc2ccc(N(C)C)cc2)c(F)c1. The predicted octanol–water partition coefficient (Wildman–Crippen LogP) is 4.01. The highest BCUT2D eigenvalue weighted by molar-refractivity contribution is 7.80. The van der Waals surface area contributed by atoms with Crippen molar-refractivity contribution in [3.05, 3.63) is 53.8 Å². The fraction of sp³-hybridized carbons (Fsp3) is 0.188. The van der Waals surface area contributed by atoms with E-state index in [2.05, 4.69) is 10.6 Å². The van der Waals surface area contributed by atoms with Gasteiger partial charge >= 0.3 is 0 Å². The van der Waals surface area contributed by atoms with Gasteiger partial charge in [0.2, 0.25) is 0 Å². The van der Waals surface area contributed by atoms with Gasteiger partial charge in [-0.2, -0.15) is 0 Å². The Kier molecular flexibility index (Phi) is 4.75. The van der Waals surface area contributed by atoms with Crippen LogP contribution in [0.1, 0.15) is 5.56 Å². The Morgan fingerprint density at radius 1 is 1.05 bits per heavy atom. The highest BCUT2D eigenvalue weighted by atomic mass is 32.1. The Morgan fingerprint density at radius 2 is 1.71 bits per heavy atom. The van der Waals surface area contributed by atoms with Crippen LogP contribution in [-0.4, -0.2) is 19.2 Å². The van der Waals surface area contributed by atoms with E-state index in [-0.39, 0.29) is 5.82 Å². The number of nitrogens with one attached hydrogen (secondary N) is 2. The van der Waals surface area contributed by atoms with Gasteiger partial charge in [-0.05, 0) is 61.1 Å². The van der Waals surface area contributed by atoms with Crippen LogP contribution in [-0.2, 0) is 0 Å². The zero-order valence-electron chi connectivity index (χ0n) is 12.3. The number of hydrogen-bond acceptors (Lipinski definition) is 2. The molecule has 2 aromatic carbocycles. The van der Waals surface area contributed by atoms with Crippen molar-refractivity contribution in [2.45, 2.75) is 6.92 Å². The number of benzene rings is 2. The van der Waals surface area contributed by atoms with Gasteiger partial charge < -0.3 is 15.5 Å². The van der Waals surface area contributed by atoms with E-state index in [1.807, 2.05) is 56.3 Å². The van der Waals surface area contributed by atoms with Crippen LogP contribution in [0.4, 0.5) is 21.5 Å². The second kappa shape index (κ2) is 6.54. The van der Waals surface area contributed by atoms with Crippen LogP contribution >= 0.6 is 12.2 Å². The molecule has 0 unspecified atom stereocenters. The van der Waals surface area contributed by atoms with Gasteiger partial charge in [0.05, 0.1) is 5.69 Å². The van der Waals surface area contributed by atoms with Crippen LogP contribution in [0.3, 0.4) is 0 Å². The summed E-state index contributed by atoms with van der Waals surface area (Å²) in [6, 6.07) is 12.8. The molecule has 3 nitrogen and oxygen atoms in total. The summed E-state index contributed by atoms with van der Waals surface area (Å²) in [4.78, 5) is 2.02. The molecule has 0 aromatic heterocycles. The molecule has 0 saturated carbocycles. The number of halogens is 1. The minimum atomic E-state index is -0.317. The second-order valence-corrected chi connectivity index (χ2v) is 5.41. The molecule has 2 N–H and O–H groups in total. The van der Waals surface area contributed by atoms with E-state index in [1.165, 1.54) is 6.07 Å². The smallest absolute Gasteiger partial charge is 0.175 e. The first kappa shape index (κ1) is 15.3. The lowest BCUT2D eigenvalue weighted by atomic mass is 10.2. The van der Waals surface area contributed by atoms with E-state index in [1.54, 1.807) is 6.07 Å². The van der Waals surface area contributed by atoms with Gasteiger partial charge in [-0.25, -0.2) is 4.39 Å². The molecule has 2 aromatic rings. The Labute approximate surface area is 129 Å². The van der Waals surface area contributed by atoms with Gasteiger partial charge in [-0.3, -0.25) is 0 Å². The lowest BCUT2D eigenvalue weighted by Gasteiger charge is -2.14. The van der Waals surface area contributed by atoms with Crippen LogP contribution < -0.4 is 15.5 Å². The predicted molar refractivity (Wildman–Crippen MR) is 91.7 cm³/mol. The summed E-state index contributed by atoms with van der Waals surface area (Å²) in [7, 11) is 3.96. The molecule has 0 bridgehead atoms. The molecule has 0 spiro atoms. The minimum Gasteiger partial charge on any atom is -0.378 e. The van der Waals surface area contributed by atoms with Crippen molar-refractivity contribution in [2.75, 3.05) is 29.6 Å². The van der Waals surface area contributed by atoms with Gasteiger partial charge in [0.25, 0.3) is 0 Å². The van der Waals surface area contributed by atoms with Gasteiger partial charge in [-0.15, -0.1) is 0 Å². The van der Waals surface area contributed by atoms with Crippen molar-refractivity contribution in [1.82, 2.24) is 0 Å². The molecule has 0 atom stereocenters. The number of thiocarbonyl (C=S) groups is 1. The number of aryl methyl sites for hydroxylation is 1. The summed E-state index contributed by atoms with van der Waals surface area (Å²) in [5, 5.41) is 6.25. The average molecular weight is 303 g/mol. The molecular formula is C16H18FN3S. The molecule has 0 amide bonds. The van der Waals surface area contributed by atoms with Crippen LogP contribution in [0.5, 0.6) is 0 Å². The van der Waals surface area contributed by atoms with Gasteiger partial charge in [0.1, 0.15) is 5.82 Å². The monoisotopic (exact) mass is 303 g/mol. The van der Waals surface area contributed by atoms with Crippen molar-refractivity contribution in [2.24, 2.45) is 0 Å². The van der Waals surface area contributed by atoms with Crippen LogP contribution in [0.25, 0.3) is 0 Å². The van der Waals surface area contributed by atoms with Crippen molar-refractivity contribution in [3.8, 4) is 0 Å². The summed E-state index contributed by atoms with van der Waals surface area (Å²) >= 11 is 5.20. The summed E-state index contributed by atoms with van der Waals surface area (Å²) < 4.78 is 13.7. The molecule has 0 heterocycles. The Balaban J connectivity index is 2.01. The average Bonchev–Trinajstić information content (AvgIpc) is 2.42. The van der Waals surface area contributed by atoms with E-state index in [9.17, 15) is 4.39 Å². The van der Waals surface area contributed by atoms with Crippen LogP contribution in [0, 0.1) is 12.7 Å². The first-order valence-corrected chi connectivity index (χ1v) is 6.98. The van der Waals surface area contributed by atoms with Crippen LogP contribution in [0.15, 0.2) is 42.5 Å². The number of rotatable bonds is 3. The molecular weight excluding hydrogens is 285 g/mol. The molecule has 21 heavy (non-hydrogen) atoms. The summed E-state index contributed by atoms with van der Waals surface area (Å²) in [5.74, 6) is -0.317. The molecule has 110 valence electrons. The normalized spacial score (nSPS) is 10.1. The van der Waals surface area contributed by atoms with Crippen molar-refractivity contribution in [1.29, 1.82) is 0 Å². The largest absolute Gasteiger partial charge is 0.378 e. The molecule has 0 aliphatic rings. The third-order valence-electron chi connectivity index (χ3n) is 3.01. The molecule has 2 rings (SSSR count). The number of nitrogens with zero attached hydrogens (tertiary/aromatic N) is 1. The van der Waals surface area contributed by atoms with Crippen molar-refractivity contribution in [3.63, 3.8) is 0 Å². The first-order chi connectivity index (χ1) is 9.95. The number of anilines is 3. The lowest BCUT2D eigenvalue weighted by Crippen LogP contribution is -2.19. The topological polar surface area (TPSA) is 27.3 Å². The fourth-order valence-electron chi connectivity index (χ4n) is 1.85. The van der Waals surface area contributed by atoms with Gasteiger partial charge in [0.15, 0.2) is 5.11 Å². The zero-order valence-corrected chi connectivity index (χ0v) is 13.1. The third kappa shape index (κ3) is 4.16. The maximum atomic E-state index is 13.7. The molecule has 0 saturated heterocycles. The molecule has 5 heteroatoms. The van der Waals surface area contributed by atoms with Gasteiger partial charge in [0, 0.05) is 25.5 Å². The summed E-state index contributed by atoms with van der Waals surface area (Å²) in [6.45, 7) is 1.84. The fourth-order valence-corrected chi connectivity index (χ4v) is 2.08. The van der Waals surface area contributed by atoms with Crippen LogP contribution in [0.2, 0.25) is 0 Å². The molecule has 0 aliphatic carbocycles. The maximum Gasteiger partial charge on any atom is 0.175 e. The lowest BCUT2D eigenvalue weighted by molar-refractivity contribution is 0.631. The zero-order chi connectivity index (χ0) is 15.4. The second-order valence-electron chi connectivity index (χ2n) is 5.00. The maximum absolute atomic E-state index is 13.7. The van der Waals surface area contributed by atoms with Crippen molar-refractivity contribution >= 4 is 34.4 Å². The van der Waals surface area contributed by atoms with E-state index >= 15 is 0 Å².